The minimum atomic E-state index is 0.237. The maximum absolute atomic E-state index is 5.84. The van der Waals surface area contributed by atoms with Crippen molar-refractivity contribution in [2.75, 3.05) is 11.6 Å². The van der Waals surface area contributed by atoms with Crippen LogP contribution in [0.25, 0.3) is 0 Å². The largest absolute Gasteiger partial charge is 0.325 e. The highest BCUT2D eigenvalue weighted by molar-refractivity contribution is 5.90. The molecule has 3 nitrogen and oxygen atoms in total. The minimum absolute atomic E-state index is 0.237. The Morgan fingerprint density at radius 2 is 1.77 bits per heavy atom. The predicted octanol–water partition coefficient (Wildman–Crippen LogP) is 3.88. The Labute approximate surface area is 132 Å². The van der Waals surface area contributed by atoms with Crippen LogP contribution in [0, 0.1) is 20.8 Å². The fourth-order valence-corrected chi connectivity index (χ4v) is 2.85. The summed E-state index contributed by atoms with van der Waals surface area (Å²) in [7, 11) is 0. The highest BCUT2D eigenvalue weighted by atomic mass is 15.5. The lowest BCUT2D eigenvalue weighted by atomic mass is 10.00. The first kappa shape index (κ1) is 14.8. The van der Waals surface area contributed by atoms with Crippen molar-refractivity contribution in [3.63, 3.8) is 0 Å². The molecule has 0 radical (unpaired) electrons. The second-order valence-corrected chi connectivity index (χ2v) is 6.11. The number of aryl methyl sites for hydroxylation is 3. The second-order valence-electron chi connectivity index (χ2n) is 6.11. The van der Waals surface area contributed by atoms with Crippen molar-refractivity contribution < 1.29 is 0 Å². The van der Waals surface area contributed by atoms with Gasteiger partial charge in [0, 0.05) is 13.0 Å². The molecule has 3 heteroatoms. The Morgan fingerprint density at radius 1 is 1.05 bits per heavy atom. The van der Waals surface area contributed by atoms with Gasteiger partial charge in [0.25, 0.3) is 0 Å². The molecule has 0 spiro atoms. The first-order chi connectivity index (χ1) is 10.6. The summed E-state index contributed by atoms with van der Waals surface area (Å²) < 4.78 is 0. The van der Waals surface area contributed by atoms with E-state index in [4.69, 9.17) is 10.8 Å². The molecule has 0 bridgehead atoms. The summed E-state index contributed by atoms with van der Waals surface area (Å²) in [6.07, 6.45) is 0.895. The lowest BCUT2D eigenvalue weighted by Gasteiger charge is -2.25. The van der Waals surface area contributed by atoms with Gasteiger partial charge in [-0.05, 0) is 49.6 Å². The van der Waals surface area contributed by atoms with Gasteiger partial charge in [0.15, 0.2) is 0 Å². The number of nitrogens with two attached hydrogens (primary N) is 1. The van der Waals surface area contributed by atoms with Crippen molar-refractivity contribution in [3.05, 3.63) is 64.7 Å². The maximum Gasteiger partial charge on any atom is 0.0828 e. The van der Waals surface area contributed by atoms with Gasteiger partial charge in [0.1, 0.15) is 0 Å². The standard InChI is InChI=1S/C19H23N3/c1-13-4-7-16(8-5-13)19-11-17(12-20)21-22(19)18-9-6-14(2)15(3)10-18/h4-10,19H,11-12,20H2,1-3H3. The molecule has 0 saturated carbocycles. The number of rotatable bonds is 3. The molecule has 2 aromatic rings. The van der Waals surface area contributed by atoms with Crippen LogP contribution in [0.4, 0.5) is 5.69 Å². The zero-order valence-corrected chi connectivity index (χ0v) is 13.5. The van der Waals surface area contributed by atoms with Crippen LogP contribution in [0.15, 0.2) is 47.6 Å². The number of hydrogen-bond donors (Lipinski definition) is 1. The average Bonchev–Trinajstić information content (AvgIpc) is 2.95. The van der Waals surface area contributed by atoms with E-state index in [0.29, 0.717) is 6.54 Å². The van der Waals surface area contributed by atoms with Gasteiger partial charge in [0.2, 0.25) is 0 Å². The molecule has 0 fully saturated rings. The zero-order chi connectivity index (χ0) is 15.7. The molecular weight excluding hydrogens is 270 g/mol. The van der Waals surface area contributed by atoms with Crippen molar-refractivity contribution in [3.8, 4) is 0 Å². The molecule has 3 rings (SSSR count). The number of nitrogens with zero attached hydrogens (tertiary/aromatic N) is 2. The summed E-state index contributed by atoms with van der Waals surface area (Å²) in [4.78, 5) is 0. The topological polar surface area (TPSA) is 41.6 Å². The molecule has 1 heterocycles. The van der Waals surface area contributed by atoms with Crippen LogP contribution in [0.2, 0.25) is 0 Å². The molecule has 1 aliphatic heterocycles. The summed E-state index contributed by atoms with van der Waals surface area (Å²) in [5.41, 5.74) is 13.2. The van der Waals surface area contributed by atoms with Gasteiger partial charge in [0.05, 0.1) is 17.4 Å². The first-order valence-electron chi connectivity index (χ1n) is 7.78. The van der Waals surface area contributed by atoms with Crippen LogP contribution in [0.5, 0.6) is 0 Å². The van der Waals surface area contributed by atoms with Crippen molar-refractivity contribution >= 4 is 11.4 Å². The number of hydrogen-bond acceptors (Lipinski definition) is 3. The molecule has 114 valence electrons. The molecule has 1 unspecified atom stereocenters. The summed E-state index contributed by atoms with van der Waals surface area (Å²) >= 11 is 0. The van der Waals surface area contributed by atoms with Gasteiger partial charge in [-0.15, -0.1) is 0 Å². The Hall–Kier alpha value is -2.13. The lowest BCUT2D eigenvalue weighted by molar-refractivity contribution is 0.708. The van der Waals surface area contributed by atoms with Crippen LogP contribution in [0.3, 0.4) is 0 Å². The van der Waals surface area contributed by atoms with Crippen LogP contribution in [-0.2, 0) is 0 Å². The van der Waals surface area contributed by atoms with E-state index in [1.165, 1.54) is 22.3 Å². The van der Waals surface area contributed by atoms with Crippen molar-refractivity contribution in [2.24, 2.45) is 10.8 Å². The van der Waals surface area contributed by atoms with Crippen LogP contribution in [0.1, 0.15) is 34.7 Å². The van der Waals surface area contributed by atoms with E-state index in [0.717, 1.165) is 17.8 Å². The predicted molar refractivity (Wildman–Crippen MR) is 93.4 cm³/mol. The molecule has 2 aromatic carbocycles. The van der Waals surface area contributed by atoms with E-state index < -0.39 is 0 Å². The Morgan fingerprint density at radius 3 is 2.41 bits per heavy atom. The second kappa shape index (κ2) is 5.93. The summed E-state index contributed by atoms with van der Waals surface area (Å²) in [6.45, 7) is 6.91. The van der Waals surface area contributed by atoms with Gasteiger partial charge < -0.3 is 5.73 Å². The molecule has 2 N–H and O–H groups in total. The SMILES string of the molecule is Cc1ccc(C2CC(CN)=NN2c2ccc(C)c(C)c2)cc1. The van der Waals surface area contributed by atoms with E-state index in [1.807, 2.05) is 0 Å². The zero-order valence-electron chi connectivity index (χ0n) is 13.5. The molecular formula is C19H23N3. The molecule has 0 aromatic heterocycles. The molecule has 0 amide bonds. The van der Waals surface area contributed by atoms with Crippen molar-refractivity contribution in [2.45, 2.75) is 33.2 Å². The van der Waals surface area contributed by atoms with Gasteiger partial charge >= 0.3 is 0 Å². The molecule has 0 aliphatic carbocycles. The van der Waals surface area contributed by atoms with Gasteiger partial charge in [-0.1, -0.05) is 35.9 Å². The van der Waals surface area contributed by atoms with Gasteiger partial charge in [-0.25, -0.2) is 0 Å². The average molecular weight is 293 g/mol. The van der Waals surface area contributed by atoms with Crippen LogP contribution < -0.4 is 10.7 Å². The van der Waals surface area contributed by atoms with E-state index in [1.54, 1.807) is 0 Å². The Bertz CT molecular complexity index is 701. The molecule has 22 heavy (non-hydrogen) atoms. The van der Waals surface area contributed by atoms with Crippen LogP contribution in [-0.4, -0.2) is 12.3 Å². The van der Waals surface area contributed by atoms with Gasteiger partial charge in [-0.3, -0.25) is 5.01 Å². The summed E-state index contributed by atoms with van der Waals surface area (Å²) in [5, 5.41) is 6.88. The van der Waals surface area contributed by atoms with E-state index in [-0.39, 0.29) is 6.04 Å². The number of hydrazone groups is 1. The summed E-state index contributed by atoms with van der Waals surface area (Å²) in [6, 6.07) is 15.5. The fourth-order valence-electron chi connectivity index (χ4n) is 2.85. The summed E-state index contributed by atoms with van der Waals surface area (Å²) in [5.74, 6) is 0. The van der Waals surface area contributed by atoms with Crippen LogP contribution >= 0.6 is 0 Å². The van der Waals surface area contributed by atoms with Gasteiger partial charge in [-0.2, -0.15) is 5.10 Å². The van der Waals surface area contributed by atoms with E-state index in [2.05, 4.69) is 68.2 Å². The Balaban J connectivity index is 1.98. The number of benzene rings is 2. The first-order valence-corrected chi connectivity index (χ1v) is 7.78. The van der Waals surface area contributed by atoms with E-state index in [9.17, 15) is 0 Å². The van der Waals surface area contributed by atoms with E-state index >= 15 is 0 Å². The van der Waals surface area contributed by atoms with Crippen molar-refractivity contribution in [1.82, 2.24) is 0 Å². The highest BCUT2D eigenvalue weighted by Gasteiger charge is 2.28. The lowest BCUT2D eigenvalue weighted by Crippen LogP contribution is -2.18. The monoisotopic (exact) mass is 293 g/mol. The normalized spacial score (nSPS) is 17.7. The van der Waals surface area contributed by atoms with Crippen molar-refractivity contribution in [1.29, 1.82) is 0 Å². The Kier molecular flexibility index (Phi) is 3.99. The molecule has 1 aliphatic rings. The molecule has 0 saturated heterocycles. The fraction of sp³-hybridized carbons (Fsp3) is 0.316. The third-order valence-electron chi connectivity index (χ3n) is 4.43. The third-order valence-corrected chi connectivity index (χ3v) is 4.43. The third kappa shape index (κ3) is 2.77. The maximum atomic E-state index is 5.84. The smallest absolute Gasteiger partial charge is 0.0828 e. The quantitative estimate of drug-likeness (QED) is 0.933. The minimum Gasteiger partial charge on any atom is -0.325 e. The number of anilines is 1. The molecule has 1 atom stereocenters. The highest BCUT2D eigenvalue weighted by Crippen LogP contribution is 2.35.